The maximum absolute atomic E-state index is 6.53. The fourth-order valence-corrected chi connectivity index (χ4v) is 5.44. The molecule has 0 bridgehead atoms. The Bertz CT molecular complexity index is 1440. The molecule has 0 atom stereocenters. The van der Waals surface area contributed by atoms with Crippen molar-refractivity contribution in [3.05, 3.63) is 60.7 Å². The van der Waals surface area contributed by atoms with Crippen molar-refractivity contribution in [1.29, 1.82) is 0 Å². The van der Waals surface area contributed by atoms with Gasteiger partial charge in [-0.05, 0) is 76.9 Å². The van der Waals surface area contributed by atoms with Crippen LogP contribution >= 0.6 is 0 Å². The third-order valence-corrected chi connectivity index (χ3v) is 7.04. The summed E-state index contributed by atoms with van der Waals surface area (Å²) >= 11 is 0. The van der Waals surface area contributed by atoms with Crippen molar-refractivity contribution >= 4 is 46.7 Å². The Morgan fingerprint density at radius 2 is 0.826 bits per heavy atom. The van der Waals surface area contributed by atoms with Gasteiger partial charge in [0.15, 0.2) is 13.6 Å². The Morgan fingerprint density at radius 1 is 0.500 bits per heavy atom. The Balaban J connectivity index is 2.22. The number of fused-ring (bicyclic) bond motifs is 2. The monoisotopic (exact) mass is 630 g/mol. The molecule has 246 valence electrons. The summed E-state index contributed by atoms with van der Waals surface area (Å²) in [4.78, 5) is 0. The number of methoxy groups -OCH3 is 2. The Hall–Kier alpha value is -3.11. The molecule has 4 rings (SSSR count). The van der Waals surface area contributed by atoms with Gasteiger partial charge in [-0.15, -0.1) is 0 Å². The summed E-state index contributed by atoms with van der Waals surface area (Å²) < 4.78 is 49.6. The molecular weight excluding hydrogens is 582 g/mol. The molecule has 0 N–H and O–H groups in total. The van der Waals surface area contributed by atoms with Crippen LogP contribution in [0.4, 0.5) is 0 Å². The van der Waals surface area contributed by atoms with Crippen LogP contribution in [0, 0.1) is 0 Å². The first-order valence-corrected chi connectivity index (χ1v) is 16.0. The zero-order valence-corrected chi connectivity index (χ0v) is 28.9. The molecule has 0 saturated heterocycles. The fraction of sp³-hybridized carbons (Fsp3) is 0.444. The molecule has 0 aliphatic carbocycles. The van der Waals surface area contributed by atoms with Gasteiger partial charge in [0.25, 0.3) is 0 Å². The third-order valence-electron chi connectivity index (χ3n) is 7.04. The predicted molar refractivity (Wildman–Crippen MR) is 188 cm³/mol. The molecule has 0 aliphatic rings. The van der Waals surface area contributed by atoms with Crippen LogP contribution in [0.5, 0.6) is 11.5 Å². The van der Waals surface area contributed by atoms with Gasteiger partial charge >= 0.3 is 14.2 Å². The van der Waals surface area contributed by atoms with E-state index in [1.165, 1.54) is 0 Å². The highest BCUT2D eigenvalue weighted by molar-refractivity contribution is 6.64. The van der Waals surface area contributed by atoms with Gasteiger partial charge in [0.1, 0.15) is 11.5 Å². The maximum atomic E-state index is 6.53. The molecule has 0 fully saturated rings. The van der Waals surface area contributed by atoms with Crippen LogP contribution in [0.1, 0.15) is 55.4 Å². The molecule has 4 aromatic carbocycles. The van der Waals surface area contributed by atoms with E-state index in [4.69, 9.17) is 37.6 Å². The molecule has 46 heavy (non-hydrogen) atoms. The van der Waals surface area contributed by atoms with Crippen molar-refractivity contribution in [3.8, 4) is 22.6 Å². The molecular formula is C36H48B2O8. The zero-order valence-electron chi connectivity index (χ0n) is 28.9. The molecule has 0 radical (unpaired) electrons. The molecule has 10 heteroatoms. The van der Waals surface area contributed by atoms with E-state index in [9.17, 15) is 0 Å². The quantitative estimate of drug-likeness (QED) is 0.0942. The van der Waals surface area contributed by atoms with Crippen LogP contribution in [0.2, 0.25) is 0 Å². The van der Waals surface area contributed by atoms with Crippen LogP contribution in [-0.4, -0.2) is 66.5 Å². The van der Waals surface area contributed by atoms with Crippen LogP contribution in [0.25, 0.3) is 32.7 Å². The largest absolute Gasteiger partial charge is 0.498 e. The van der Waals surface area contributed by atoms with Gasteiger partial charge in [-0.2, -0.15) is 0 Å². The van der Waals surface area contributed by atoms with Crippen LogP contribution in [0.15, 0.2) is 60.7 Å². The Labute approximate surface area is 274 Å². The number of hydrogen-bond acceptors (Lipinski definition) is 8. The summed E-state index contributed by atoms with van der Waals surface area (Å²) in [5.41, 5.74) is 3.11. The number of rotatable bonds is 17. The highest BCUT2D eigenvalue weighted by atomic mass is 16.7. The summed E-state index contributed by atoms with van der Waals surface area (Å²) in [6.45, 7) is 16.0. The first-order valence-electron chi connectivity index (χ1n) is 16.0. The first kappa shape index (κ1) is 35.7. The lowest BCUT2D eigenvalue weighted by atomic mass is 9.71. The van der Waals surface area contributed by atoms with E-state index in [1.54, 1.807) is 14.2 Å². The van der Waals surface area contributed by atoms with Gasteiger partial charge in [0, 0.05) is 60.7 Å². The first-order chi connectivity index (χ1) is 22.0. The van der Waals surface area contributed by atoms with Gasteiger partial charge in [0.05, 0.1) is 0 Å². The minimum Gasteiger partial charge on any atom is -0.467 e. The zero-order chi connectivity index (χ0) is 33.4. The maximum Gasteiger partial charge on any atom is 0.498 e. The topological polar surface area (TPSA) is 73.8 Å². The molecule has 0 amide bonds. The van der Waals surface area contributed by atoms with Crippen molar-refractivity contribution in [2.75, 3.05) is 27.8 Å². The van der Waals surface area contributed by atoms with E-state index < -0.39 is 14.2 Å². The van der Waals surface area contributed by atoms with Gasteiger partial charge in [-0.25, -0.2) is 0 Å². The summed E-state index contributed by atoms with van der Waals surface area (Å²) in [6.07, 6.45) is -0.441. The standard InChI is InChI=1S/C36H48B2O8/c1-23(2)43-37(44-24(3)4)31-19-27-15-11-13-17-29(27)33(35(31)41-21-39-9)34-30-18-14-12-16-28(30)20-32(36(34)42-22-40-10)38(45-25(5)6)46-26(7)8/h11-20,23-26H,21-22H2,1-10H3. The van der Waals surface area contributed by atoms with Gasteiger partial charge in [-0.3, -0.25) is 0 Å². The second-order valence-corrected chi connectivity index (χ2v) is 12.3. The molecule has 4 aromatic rings. The van der Waals surface area contributed by atoms with Gasteiger partial charge in [0.2, 0.25) is 0 Å². The minimum absolute atomic E-state index is 0.00977. The summed E-state index contributed by atoms with van der Waals surface area (Å²) in [5, 5.41) is 3.90. The number of hydrogen-bond donors (Lipinski definition) is 0. The van der Waals surface area contributed by atoms with Crippen molar-refractivity contribution in [3.63, 3.8) is 0 Å². The van der Waals surface area contributed by atoms with Gasteiger partial charge < -0.3 is 37.6 Å². The Morgan fingerprint density at radius 3 is 1.13 bits per heavy atom. The summed E-state index contributed by atoms with van der Waals surface area (Å²) in [6, 6.07) is 20.6. The lowest BCUT2D eigenvalue weighted by molar-refractivity contribution is 0.0503. The van der Waals surface area contributed by atoms with E-state index in [2.05, 4.69) is 36.4 Å². The average Bonchev–Trinajstić information content (AvgIpc) is 3.00. The molecule has 0 unspecified atom stereocenters. The molecule has 0 spiro atoms. The van der Waals surface area contributed by atoms with E-state index in [1.807, 2.05) is 79.7 Å². The van der Waals surface area contributed by atoms with Crippen molar-refractivity contribution in [2.45, 2.75) is 79.8 Å². The number of benzene rings is 4. The van der Waals surface area contributed by atoms with Crippen LogP contribution in [-0.2, 0) is 28.1 Å². The second kappa shape index (κ2) is 16.6. The Kier molecular flexibility index (Phi) is 12.9. The lowest BCUT2D eigenvalue weighted by Crippen LogP contribution is -2.42. The molecule has 0 aliphatic heterocycles. The van der Waals surface area contributed by atoms with E-state index in [-0.39, 0.29) is 38.0 Å². The van der Waals surface area contributed by atoms with E-state index >= 15 is 0 Å². The molecule has 0 aromatic heterocycles. The second-order valence-electron chi connectivity index (χ2n) is 12.3. The van der Waals surface area contributed by atoms with Crippen molar-refractivity contribution in [1.82, 2.24) is 0 Å². The lowest BCUT2D eigenvalue weighted by Gasteiger charge is -2.27. The molecule has 0 saturated carbocycles. The highest BCUT2D eigenvalue weighted by Gasteiger charge is 2.35. The normalized spacial score (nSPS) is 11.9. The molecule has 8 nitrogen and oxygen atoms in total. The van der Waals surface area contributed by atoms with Crippen LogP contribution < -0.4 is 20.4 Å². The smallest absolute Gasteiger partial charge is 0.467 e. The summed E-state index contributed by atoms with van der Waals surface area (Å²) in [5.74, 6) is 1.14. The van der Waals surface area contributed by atoms with E-state index in [0.29, 0.717) is 11.5 Å². The minimum atomic E-state index is -0.714. The van der Waals surface area contributed by atoms with E-state index in [0.717, 1.165) is 43.6 Å². The van der Waals surface area contributed by atoms with Crippen molar-refractivity contribution in [2.24, 2.45) is 0 Å². The fourth-order valence-electron chi connectivity index (χ4n) is 5.44. The summed E-state index contributed by atoms with van der Waals surface area (Å²) in [7, 11) is 1.78. The van der Waals surface area contributed by atoms with Crippen molar-refractivity contribution < 1.29 is 37.6 Å². The van der Waals surface area contributed by atoms with Gasteiger partial charge in [-0.1, -0.05) is 60.7 Å². The van der Waals surface area contributed by atoms with Crippen LogP contribution in [0.3, 0.4) is 0 Å². The average molecular weight is 630 g/mol. The highest BCUT2D eigenvalue weighted by Crippen LogP contribution is 2.45. The third kappa shape index (κ3) is 8.62. The SMILES string of the molecule is COCOc1c(B(OC(C)C)OC(C)C)cc2ccccc2c1-c1c(OCOC)c(B(OC(C)C)OC(C)C)cc2ccccc12. The number of ether oxygens (including phenoxy) is 4. The molecule has 0 heterocycles. The predicted octanol–water partition coefficient (Wildman–Crippen LogP) is 6.72.